The fraction of sp³-hybridized carbons (Fsp3) is 0.182. The Morgan fingerprint density at radius 2 is 1.72 bits per heavy atom. The van der Waals surface area contributed by atoms with Crippen molar-refractivity contribution in [1.82, 2.24) is 14.1 Å². The summed E-state index contributed by atoms with van der Waals surface area (Å²) in [5.74, 6) is -1.80. The van der Waals surface area contributed by atoms with Gasteiger partial charge in [0.1, 0.15) is 17.7 Å². The van der Waals surface area contributed by atoms with Crippen molar-refractivity contribution in [3.8, 4) is 0 Å². The molecule has 2 heterocycles. The zero-order chi connectivity index (χ0) is 26.6. The summed E-state index contributed by atoms with van der Waals surface area (Å²) in [4.78, 5) is 13.2. The van der Waals surface area contributed by atoms with Gasteiger partial charge in [-0.3, -0.25) is 4.79 Å². The highest BCUT2D eigenvalue weighted by Crippen LogP contribution is 2.41. The average molecular weight is 563 g/mol. The molecule has 0 aliphatic carbocycles. The number of likely N-dealkylation sites (N-methyl/N-ethyl adjacent to an activating group) is 1. The summed E-state index contributed by atoms with van der Waals surface area (Å²) in [5, 5.41) is 6.56. The second-order valence-corrected chi connectivity index (χ2v) is 10.6. The van der Waals surface area contributed by atoms with E-state index in [9.17, 15) is 30.8 Å². The van der Waals surface area contributed by atoms with Gasteiger partial charge in [-0.25, -0.2) is 21.8 Å². The molecule has 1 aromatic heterocycles. The highest BCUT2D eigenvalue weighted by Gasteiger charge is 2.41. The molecule has 1 amide bonds. The Bertz CT molecular complexity index is 1500. The number of alkyl halides is 3. The van der Waals surface area contributed by atoms with Crippen LogP contribution in [0.4, 0.5) is 23.4 Å². The molecule has 14 heteroatoms. The Kier molecular flexibility index (Phi) is 6.56. The number of nitrogens with one attached hydrogen (secondary N) is 1. The highest BCUT2D eigenvalue weighted by atomic mass is 35.5. The van der Waals surface area contributed by atoms with Crippen LogP contribution in [0, 0.1) is 5.82 Å². The molecule has 7 nitrogen and oxygen atoms in total. The molecule has 1 aliphatic heterocycles. The van der Waals surface area contributed by atoms with Gasteiger partial charge in [0.05, 0.1) is 20.5 Å². The van der Waals surface area contributed by atoms with E-state index < -0.39 is 39.7 Å². The van der Waals surface area contributed by atoms with Crippen LogP contribution in [-0.4, -0.2) is 35.5 Å². The highest BCUT2D eigenvalue weighted by molar-refractivity contribution is 7.89. The standard InChI is InChI=1S/C22H16Cl2F4N4O3S/c1-11-19(21(33)31(2)36(34,35)14-6-4-13(25)5-7-14)20(12-3-8-15(23)16(24)9-12)32-18(29-11)10-17(30-32)22(26,27)28/h3-10,20,29H,1-2H3. The van der Waals surface area contributed by atoms with Crippen molar-refractivity contribution in [3.63, 3.8) is 0 Å². The molecule has 3 aromatic rings. The number of hydrogen-bond donors (Lipinski definition) is 1. The normalized spacial score (nSPS) is 15.9. The molecule has 0 bridgehead atoms. The van der Waals surface area contributed by atoms with Crippen molar-refractivity contribution in [2.75, 3.05) is 12.4 Å². The maximum atomic E-state index is 13.6. The van der Waals surface area contributed by atoms with Crippen LogP contribution in [0.25, 0.3) is 0 Å². The van der Waals surface area contributed by atoms with Crippen LogP contribution in [0.5, 0.6) is 0 Å². The van der Waals surface area contributed by atoms with E-state index in [1.807, 2.05) is 0 Å². The lowest BCUT2D eigenvalue weighted by Gasteiger charge is -2.31. The predicted molar refractivity (Wildman–Crippen MR) is 125 cm³/mol. The van der Waals surface area contributed by atoms with E-state index in [-0.39, 0.29) is 37.6 Å². The van der Waals surface area contributed by atoms with E-state index in [0.29, 0.717) is 4.31 Å². The van der Waals surface area contributed by atoms with E-state index in [4.69, 9.17) is 23.2 Å². The number of halogens is 6. The van der Waals surface area contributed by atoms with E-state index >= 15 is 0 Å². The lowest BCUT2D eigenvalue weighted by atomic mass is 9.95. The summed E-state index contributed by atoms with van der Waals surface area (Å²) in [6.07, 6.45) is -4.78. The number of allylic oxidation sites excluding steroid dienone is 1. The van der Waals surface area contributed by atoms with Crippen molar-refractivity contribution in [1.29, 1.82) is 0 Å². The van der Waals surface area contributed by atoms with Crippen LogP contribution in [0.2, 0.25) is 10.0 Å². The van der Waals surface area contributed by atoms with Gasteiger partial charge < -0.3 is 5.32 Å². The van der Waals surface area contributed by atoms with Crippen molar-refractivity contribution < 1.29 is 30.8 Å². The first-order valence-electron chi connectivity index (χ1n) is 10.1. The van der Waals surface area contributed by atoms with Crippen molar-refractivity contribution >= 4 is 45.0 Å². The second kappa shape index (κ2) is 9.09. The zero-order valence-corrected chi connectivity index (χ0v) is 20.8. The van der Waals surface area contributed by atoms with Crippen LogP contribution < -0.4 is 5.32 Å². The molecule has 0 spiro atoms. The van der Waals surface area contributed by atoms with E-state index in [1.165, 1.54) is 25.1 Å². The minimum absolute atomic E-state index is 0.0641. The van der Waals surface area contributed by atoms with E-state index in [0.717, 1.165) is 42.1 Å². The van der Waals surface area contributed by atoms with Crippen molar-refractivity contribution in [2.45, 2.75) is 24.0 Å². The smallest absolute Gasteiger partial charge is 0.344 e. The summed E-state index contributed by atoms with van der Waals surface area (Å²) < 4.78 is 81.2. The van der Waals surface area contributed by atoms with Crippen molar-refractivity contribution in [3.05, 3.63) is 86.9 Å². The summed E-state index contributed by atoms with van der Waals surface area (Å²) in [7, 11) is -3.45. The summed E-state index contributed by atoms with van der Waals surface area (Å²) >= 11 is 12.1. The lowest BCUT2D eigenvalue weighted by molar-refractivity contribution is -0.141. The van der Waals surface area contributed by atoms with Gasteiger partial charge in [-0.1, -0.05) is 29.3 Å². The number of amides is 1. The number of fused-ring (bicyclic) bond motifs is 1. The Labute approximate surface area is 213 Å². The predicted octanol–water partition coefficient (Wildman–Crippen LogP) is 5.48. The molecule has 36 heavy (non-hydrogen) atoms. The fourth-order valence-corrected chi connectivity index (χ4v) is 5.14. The maximum absolute atomic E-state index is 13.6. The van der Waals surface area contributed by atoms with Gasteiger partial charge in [0.15, 0.2) is 5.69 Å². The Morgan fingerprint density at radius 1 is 1.08 bits per heavy atom. The van der Waals surface area contributed by atoms with Gasteiger partial charge in [0.25, 0.3) is 15.9 Å². The molecule has 0 saturated heterocycles. The third-order valence-corrected chi connectivity index (χ3v) is 8.01. The quantitative estimate of drug-likeness (QED) is 0.425. The van der Waals surface area contributed by atoms with Gasteiger partial charge >= 0.3 is 6.18 Å². The molecule has 0 saturated carbocycles. The Hall–Kier alpha value is -3.09. The molecular formula is C22H16Cl2F4N4O3S. The maximum Gasteiger partial charge on any atom is 0.435 e. The van der Waals surface area contributed by atoms with Gasteiger partial charge in [0, 0.05) is 18.8 Å². The number of rotatable bonds is 4. The Balaban J connectivity index is 1.86. The molecule has 2 aromatic carbocycles. The number of sulfonamides is 1. The average Bonchev–Trinajstić information content (AvgIpc) is 3.23. The first-order valence-corrected chi connectivity index (χ1v) is 12.3. The number of aromatic nitrogens is 2. The van der Waals surface area contributed by atoms with Crippen LogP contribution in [0.3, 0.4) is 0 Å². The van der Waals surface area contributed by atoms with Gasteiger partial charge in [0.2, 0.25) is 0 Å². The number of carbonyl (C=O) groups excluding carboxylic acids is 1. The second-order valence-electron chi connectivity index (χ2n) is 7.83. The fourth-order valence-electron chi connectivity index (χ4n) is 3.72. The van der Waals surface area contributed by atoms with Crippen LogP contribution >= 0.6 is 23.2 Å². The summed E-state index contributed by atoms with van der Waals surface area (Å²) in [6.45, 7) is 1.42. The monoisotopic (exact) mass is 562 g/mol. The molecule has 1 atom stereocenters. The first-order chi connectivity index (χ1) is 16.7. The SMILES string of the molecule is CC1=C(C(=O)N(C)S(=O)(=O)c2ccc(F)cc2)C(c2ccc(Cl)c(Cl)c2)n2nc(C(F)(F)F)cc2N1. The van der Waals surface area contributed by atoms with Crippen LogP contribution in [-0.2, 0) is 21.0 Å². The molecule has 1 unspecified atom stereocenters. The van der Waals surface area contributed by atoms with E-state index in [2.05, 4.69) is 10.4 Å². The largest absolute Gasteiger partial charge is 0.435 e. The third kappa shape index (κ3) is 4.56. The van der Waals surface area contributed by atoms with Gasteiger partial charge in [-0.05, 0) is 48.9 Å². The number of nitrogens with zero attached hydrogens (tertiary/aromatic N) is 3. The first kappa shape index (κ1) is 26.0. The lowest BCUT2D eigenvalue weighted by Crippen LogP contribution is -2.39. The van der Waals surface area contributed by atoms with Gasteiger partial charge in [-0.15, -0.1) is 0 Å². The van der Waals surface area contributed by atoms with Gasteiger partial charge in [-0.2, -0.15) is 18.3 Å². The topological polar surface area (TPSA) is 84.3 Å². The minimum atomic E-state index is -4.78. The number of hydrogen-bond acceptors (Lipinski definition) is 5. The van der Waals surface area contributed by atoms with Crippen molar-refractivity contribution in [2.24, 2.45) is 0 Å². The number of anilines is 1. The molecule has 4 rings (SSSR count). The molecule has 1 N–H and O–H groups in total. The molecule has 0 radical (unpaired) electrons. The molecular weight excluding hydrogens is 547 g/mol. The molecule has 0 fully saturated rings. The van der Waals surface area contributed by atoms with E-state index in [1.54, 1.807) is 0 Å². The van der Waals surface area contributed by atoms with Crippen LogP contribution in [0.15, 0.2) is 64.7 Å². The number of carbonyl (C=O) groups is 1. The minimum Gasteiger partial charge on any atom is -0.344 e. The summed E-state index contributed by atoms with van der Waals surface area (Å²) in [6, 6.07) is 7.51. The number of benzene rings is 2. The zero-order valence-electron chi connectivity index (χ0n) is 18.4. The molecule has 1 aliphatic rings. The third-order valence-electron chi connectivity index (χ3n) is 5.51. The Morgan fingerprint density at radius 3 is 2.31 bits per heavy atom. The molecule has 190 valence electrons. The summed E-state index contributed by atoms with van der Waals surface area (Å²) in [5.41, 5.74) is -1.09. The van der Waals surface area contributed by atoms with Crippen LogP contribution in [0.1, 0.15) is 24.2 Å².